The maximum absolute atomic E-state index is 2.37. The molecule has 0 saturated carbocycles. The first-order chi connectivity index (χ1) is 5.13. The third kappa shape index (κ3) is 2.14. The van der Waals surface area contributed by atoms with Crippen LogP contribution in [-0.4, -0.2) is 11.0 Å². The first-order valence-electron chi connectivity index (χ1n) is 4.74. The van der Waals surface area contributed by atoms with Gasteiger partial charge >= 0.3 is 0 Å². The third-order valence-corrected chi connectivity index (χ3v) is 4.45. The van der Waals surface area contributed by atoms with Crippen LogP contribution in [0.4, 0.5) is 0 Å². The third-order valence-electron chi connectivity index (χ3n) is 2.70. The van der Waals surface area contributed by atoms with Crippen LogP contribution in [0.1, 0.15) is 34.1 Å². The van der Waals surface area contributed by atoms with E-state index in [1.807, 2.05) is 0 Å². The summed E-state index contributed by atoms with van der Waals surface area (Å²) in [5, 5.41) is 0.940. The van der Waals surface area contributed by atoms with E-state index < -0.39 is 0 Å². The van der Waals surface area contributed by atoms with Crippen LogP contribution in [0.15, 0.2) is 0 Å². The molecule has 0 N–H and O–H groups in total. The zero-order valence-corrected chi connectivity index (χ0v) is 8.95. The van der Waals surface area contributed by atoms with E-state index in [0.717, 1.165) is 23.0 Å². The van der Waals surface area contributed by atoms with Gasteiger partial charge in [0.1, 0.15) is 0 Å². The molecule has 0 spiro atoms. The van der Waals surface area contributed by atoms with Gasteiger partial charge < -0.3 is 0 Å². The lowest BCUT2D eigenvalue weighted by atomic mass is 9.85. The van der Waals surface area contributed by atoms with Gasteiger partial charge in [0, 0.05) is 5.25 Å². The second-order valence-corrected chi connectivity index (χ2v) is 5.56. The molecule has 1 aliphatic heterocycles. The zero-order chi connectivity index (χ0) is 8.43. The Labute approximate surface area is 75.1 Å². The highest BCUT2D eigenvalue weighted by atomic mass is 32.2. The molecule has 2 atom stereocenters. The Kier molecular flexibility index (Phi) is 3.29. The SMILES string of the molecule is CC(C)C1CCSC1C(C)C. The molecular formula is C10H20S. The summed E-state index contributed by atoms with van der Waals surface area (Å²) in [5.41, 5.74) is 0. The molecule has 0 bridgehead atoms. The van der Waals surface area contributed by atoms with E-state index in [9.17, 15) is 0 Å². The van der Waals surface area contributed by atoms with E-state index in [-0.39, 0.29) is 0 Å². The molecule has 2 unspecified atom stereocenters. The van der Waals surface area contributed by atoms with Crippen molar-refractivity contribution >= 4 is 11.8 Å². The fourth-order valence-corrected chi connectivity index (χ4v) is 3.79. The van der Waals surface area contributed by atoms with E-state index >= 15 is 0 Å². The van der Waals surface area contributed by atoms with Gasteiger partial charge in [-0.2, -0.15) is 11.8 Å². The van der Waals surface area contributed by atoms with Crippen molar-refractivity contribution in [2.45, 2.75) is 39.4 Å². The summed E-state index contributed by atoms with van der Waals surface area (Å²) < 4.78 is 0. The van der Waals surface area contributed by atoms with Gasteiger partial charge in [-0.15, -0.1) is 0 Å². The lowest BCUT2D eigenvalue weighted by molar-refractivity contribution is 0.337. The number of rotatable bonds is 2. The molecule has 0 aromatic heterocycles. The first-order valence-corrected chi connectivity index (χ1v) is 5.79. The quantitative estimate of drug-likeness (QED) is 0.615. The Morgan fingerprint density at radius 3 is 2.09 bits per heavy atom. The minimum absolute atomic E-state index is 0.870. The second kappa shape index (κ2) is 3.84. The number of hydrogen-bond acceptors (Lipinski definition) is 1. The summed E-state index contributed by atoms with van der Waals surface area (Å²) in [6.07, 6.45) is 1.45. The molecule has 0 aromatic rings. The van der Waals surface area contributed by atoms with Gasteiger partial charge in [0.25, 0.3) is 0 Å². The van der Waals surface area contributed by atoms with Crippen molar-refractivity contribution in [2.24, 2.45) is 17.8 Å². The Morgan fingerprint density at radius 2 is 1.73 bits per heavy atom. The van der Waals surface area contributed by atoms with Crippen LogP contribution >= 0.6 is 11.8 Å². The first kappa shape index (κ1) is 9.44. The molecule has 1 heteroatoms. The molecule has 11 heavy (non-hydrogen) atoms. The summed E-state index contributed by atoms with van der Waals surface area (Å²) in [7, 11) is 0. The minimum atomic E-state index is 0.870. The highest BCUT2D eigenvalue weighted by Gasteiger charge is 2.31. The van der Waals surface area contributed by atoms with Crippen molar-refractivity contribution in [3.05, 3.63) is 0 Å². The van der Waals surface area contributed by atoms with Crippen molar-refractivity contribution in [3.8, 4) is 0 Å². The predicted octanol–water partition coefficient (Wildman–Crippen LogP) is 3.42. The van der Waals surface area contributed by atoms with Crippen molar-refractivity contribution in [2.75, 3.05) is 5.75 Å². The minimum Gasteiger partial charge on any atom is -0.158 e. The van der Waals surface area contributed by atoms with Crippen LogP contribution in [0.2, 0.25) is 0 Å². The van der Waals surface area contributed by atoms with E-state index in [0.29, 0.717) is 0 Å². The zero-order valence-electron chi connectivity index (χ0n) is 8.13. The maximum atomic E-state index is 2.37. The van der Waals surface area contributed by atoms with Gasteiger partial charge in [0.05, 0.1) is 0 Å². The smallest absolute Gasteiger partial charge is 0.0101 e. The molecule has 0 radical (unpaired) electrons. The Hall–Kier alpha value is 0.350. The largest absolute Gasteiger partial charge is 0.158 e. The molecule has 0 aliphatic carbocycles. The summed E-state index contributed by atoms with van der Waals surface area (Å²) in [4.78, 5) is 0. The Morgan fingerprint density at radius 1 is 1.09 bits per heavy atom. The Balaban J connectivity index is 2.51. The van der Waals surface area contributed by atoms with E-state index in [1.165, 1.54) is 12.2 Å². The van der Waals surface area contributed by atoms with Crippen LogP contribution in [-0.2, 0) is 0 Å². The highest BCUT2D eigenvalue weighted by Crippen LogP contribution is 2.40. The van der Waals surface area contributed by atoms with Gasteiger partial charge in [-0.25, -0.2) is 0 Å². The topological polar surface area (TPSA) is 0 Å². The van der Waals surface area contributed by atoms with E-state index in [1.54, 1.807) is 0 Å². The standard InChI is InChI=1S/C10H20S/c1-7(2)9-5-6-11-10(9)8(3)4/h7-10H,5-6H2,1-4H3. The summed E-state index contributed by atoms with van der Waals surface area (Å²) >= 11 is 2.19. The molecule has 1 rings (SSSR count). The normalized spacial score (nSPS) is 32.2. The van der Waals surface area contributed by atoms with E-state index in [2.05, 4.69) is 39.5 Å². The molecule has 0 amide bonds. The fourth-order valence-electron chi connectivity index (χ4n) is 2.03. The summed E-state index contributed by atoms with van der Waals surface area (Å²) in [6.45, 7) is 9.45. The number of hydrogen-bond donors (Lipinski definition) is 0. The molecule has 1 fully saturated rings. The predicted molar refractivity (Wildman–Crippen MR) is 54.0 cm³/mol. The van der Waals surface area contributed by atoms with Crippen LogP contribution in [0.3, 0.4) is 0 Å². The lowest BCUT2D eigenvalue weighted by Crippen LogP contribution is -2.22. The lowest BCUT2D eigenvalue weighted by Gasteiger charge is -2.25. The van der Waals surface area contributed by atoms with Crippen molar-refractivity contribution in [1.29, 1.82) is 0 Å². The van der Waals surface area contributed by atoms with Crippen molar-refractivity contribution in [3.63, 3.8) is 0 Å². The summed E-state index contributed by atoms with van der Waals surface area (Å²) in [5.74, 6) is 4.14. The van der Waals surface area contributed by atoms with Gasteiger partial charge in [-0.05, 0) is 29.9 Å². The van der Waals surface area contributed by atoms with Crippen molar-refractivity contribution < 1.29 is 0 Å². The number of thioether (sulfide) groups is 1. The van der Waals surface area contributed by atoms with Crippen LogP contribution in [0.5, 0.6) is 0 Å². The monoisotopic (exact) mass is 172 g/mol. The molecule has 0 nitrogen and oxygen atoms in total. The van der Waals surface area contributed by atoms with Gasteiger partial charge in [0.15, 0.2) is 0 Å². The molecule has 1 aliphatic rings. The second-order valence-electron chi connectivity index (χ2n) is 4.28. The van der Waals surface area contributed by atoms with Gasteiger partial charge in [-0.1, -0.05) is 27.7 Å². The van der Waals surface area contributed by atoms with Crippen LogP contribution in [0.25, 0.3) is 0 Å². The Bertz CT molecular complexity index is 104. The average Bonchev–Trinajstić information content (AvgIpc) is 2.32. The molecular weight excluding hydrogens is 152 g/mol. The van der Waals surface area contributed by atoms with Gasteiger partial charge in [-0.3, -0.25) is 0 Å². The average molecular weight is 172 g/mol. The molecule has 1 heterocycles. The molecule has 66 valence electrons. The maximum Gasteiger partial charge on any atom is 0.0101 e. The van der Waals surface area contributed by atoms with Crippen LogP contribution in [0, 0.1) is 17.8 Å². The molecule has 0 aromatic carbocycles. The van der Waals surface area contributed by atoms with Crippen LogP contribution < -0.4 is 0 Å². The van der Waals surface area contributed by atoms with Crippen molar-refractivity contribution in [1.82, 2.24) is 0 Å². The fraction of sp³-hybridized carbons (Fsp3) is 1.00. The molecule has 1 saturated heterocycles. The van der Waals surface area contributed by atoms with E-state index in [4.69, 9.17) is 0 Å². The highest BCUT2D eigenvalue weighted by molar-refractivity contribution is 8.00. The van der Waals surface area contributed by atoms with Gasteiger partial charge in [0.2, 0.25) is 0 Å². The summed E-state index contributed by atoms with van der Waals surface area (Å²) in [6, 6.07) is 0.